The van der Waals surface area contributed by atoms with Gasteiger partial charge in [0.1, 0.15) is 23.3 Å². The molecule has 1 saturated carbocycles. The number of carboxylic acid groups (broad SMARTS) is 1. The summed E-state index contributed by atoms with van der Waals surface area (Å²) in [4.78, 5) is 19.7. The number of nitrogens with one attached hydrogen (secondary N) is 1. The maximum atomic E-state index is 13.8. The monoisotopic (exact) mass is 386 g/mol. The number of carboxylic acids is 1. The molecule has 4 N–H and O–H groups in total. The maximum Gasteiger partial charge on any atom is 0.341 e. The largest absolute Gasteiger partial charge is 0.477 e. The molecule has 0 saturated heterocycles. The van der Waals surface area contributed by atoms with Crippen LogP contribution in [0.3, 0.4) is 0 Å². The number of nitrogens with two attached hydrogens (primary N) is 1. The molecule has 0 bridgehead atoms. The first-order chi connectivity index (χ1) is 13.4. The number of carbonyl (C=O) groups is 1. The van der Waals surface area contributed by atoms with Gasteiger partial charge in [-0.15, -0.1) is 0 Å². The van der Waals surface area contributed by atoms with Crippen molar-refractivity contribution >= 4 is 17.4 Å². The molecule has 28 heavy (non-hydrogen) atoms. The van der Waals surface area contributed by atoms with Crippen LogP contribution >= 0.6 is 0 Å². The molecule has 3 heterocycles. The number of rotatable bonds is 6. The molecule has 0 aliphatic heterocycles. The van der Waals surface area contributed by atoms with Crippen LogP contribution in [0, 0.1) is 5.82 Å². The molecule has 0 spiro atoms. The Morgan fingerprint density at radius 3 is 2.96 bits per heavy atom. The average molecular weight is 386 g/mol. The Kier molecular flexibility index (Phi) is 4.55. The second-order valence-corrected chi connectivity index (χ2v) is 6.83. The number of ether oxygens (including phenoxy) is 1. The van der Waals surface area contributed by atoms with Crippen molar-refractivity contribution in [1.82, 2.24) is 19.6 Å². The third kappa shape index (κ3) is 3.46. The summed E-state index contributed by atoms with van der Waals surface area (Å²) in [5, 5.41) is 16.3. The van der Waals surface area contributed by atoms with Crippen molar-refractivity contribution in [1.29, 1.82) is 0 Å². The first-order valence-electron chi connectivity index (χ1n) is 8.82. The molecule has 1 fully saturated rings. The summed E-state index contributed by atoms with van der Waals surface area (Å²) >= 11 is 0. The first kappa shape index (κ1) is 18.1. The van der Waals surface area contributed by atoms with E-state index >= 15 is 0 Å². The van der Waals surface area contributed by atoms with E-state index in [0.717, 1.165) is 19.0 Å². The minimum absolute atomic E-state index is 0.00549. The van der Waals surface area contributed by atoms with E-state index in [1.807, 2.05) is 6.92 Å². The SMILES string of the molecule is C[C@@H](Nc1ccn2ncc(C(=O)O)c2n1)c1cc(F)cnc1OC1CC(N)C1. The number of nitrogens with zero attached hydrogens (tertiary/aromatic N) is 4. The topological polar surface area (TPSA) is 128 Å². The van der Waals surface area contributed by atoms with Gasteiger partial charge in [-0.05, 0) is 31.9 Å². The van der Waals surface area contributed by atoms with Crippen LogP contribution in [0.15, 0.2) is 30.7 Å². The summed E-state index contributed by atoms with van der Waals surface area (Å²) in [6, 6.07) is 2.75. The lowest BCUT2D eigenvalue weighted by Crippen LogP contribution is -2.43. The van der Waals surface area contributed by atoms with Crippen LogP contribution in [0.5, 0.6) is 5.88 Å². The van der Waals surface area contributed by atoms with Crippen molar-refractivity contribution in [2.75, 3.05) is 5.32 Å². The molecule has 1 atom stereocenters. The van der Waals surface area contributed by atoms with Crippen LogP contribution in [0.4, 0.5) is 10.2 Å². The van der Waals surface area contributed by atoms with E-state index in [0.29, 0.717) is 17.3 Å². The predicted molar refractivity (Wildman–Crippen MR) is 97.8 cm³/mol. The number of pyridine rings is 1. The van der Waals surface area contributed by atoms with Crippen molar-refractivity contribution in [3.8, 4) is 5.88 Å². The van der Waals surface area contributed by atoms with E-state index in [-0.39, 0.29) is 23.4 Å². The molecule has 0 amide bonds. The lowest BCUT2D eigenvalue weighted by molar-refractivity contribution is 0.0698. The molecule has 1 aliphatic rings. The fourth-order valence-corrected chi connectivity index (χ4v) is 3.11. The first-order valence-corrected chi connectivity index (χ1v) is 8.82. The van der Waals surface area contributed by atoms with Crippen LogP contribution in [-0.2, 0) is 0 Å². The number of halogens is 1. The molecule has 10 heteroatoms. The Bertz CT molecular complexity index is 1030. The molecule has 4 rings (SSSR count). The van der Waals surface area contributed by atoms with Gasteiger partial charge < -0.3 is 20.9 Å². The van der Waals surface area contributed by atoms with Crippen LogP contribution < -0.4 is 15.8 Å². The van der Waals surface area contributed by atoms with Gasteiger partial charge in [-0.25, -0.2) is 23.7 Å². The van der Waals surface area contributed by atoms with Crippen molar-refractivity contribution in [3.63, 3.8) is 0 Å². The quantitative estimate of drug-likeness (QED) is 0.587. The normalized spacial score (nSPS) is 19.8. The summed E-state index contributed by atoms with van der Waals surface area (Å²) in [7, 11) is 0. The smallest absolute Gasteiger partial charge is 0.341 e. The third-order valence-corrected chi connectivity index (χ3v) is 4.69. The average Bonchev–Trinajstić information content (AvgIpc) is 3.05. The van der Waals surface area contributed by atoms with E-state index < -0.39 is 17.8 Å². The Hall–Kier alpha value is -3.27. The fraction of sp³-hybridized carbons (Fsp3) is 0.333. The van der Waals surface area contributed by atoms with Gasteiger partial charge in [-0.3, -0.25) is 0 Å². The zero-order valence-corrected chi connectivity index (χ0v) is 15.0. The molecule has 3 aromatic heterocycles. The van der Waals surface area contributed by atoms with E-state index in [2.05, 4.69) is 20.4 Å². The Balaban J connectivity index is 1.58. The number of aromatic carboxylic acids is 1. The molecule has 0 aromatic carbocycles. The maximum absolute atomic E-state index is 13.8. The van der Waals surface area contributed by atoms with Crippen molar-refractivity contribution in [2.45, 2.75) is 38.0 Å². The Morgan fingerprint density at radius 1 is 1.46 bits per heavy atom. The van der Waals surface area contributed by atoms with Gasteiger partial charge in [-0.1, -0.05) is 0 Å². The van der Waals surface area contributed by atoms with Gasteiger partial charge in [0, 0.05) is 17.8 Å². The molecular formula is C18H19FN6O3. The highest BCUT2D eigenvalue weighted by molar-refractivity contribution is 5.94. The molecule has 3 aromatic rings. The molecule has 0 unspecified atom stereocenters. The van der Waals surface area contributed by atoms with E-state index in [9.17, 15) is 14.3 Å². The highest BCUT2D eigenvalue weighted by atomic mass is 19.1. The van der Waals surface area contributed by atoms with E-state index in [1.165, 1.54) is 16.8 Å². The third-order valence-electron chi connectivity index (χ3n) is 4.69. The second-order valence-electron chi connectivity index (χ2n) is 6.83. The van der Waals surface area contributed by atoms with Crippen molar-refractivity contribution in [2.24, 2.45) is 5.73 Å². The minimum atomic E-state index is -1.11. The zero-order valence-electron chi connectivity index (χ0n) is 15.0. The van der Waals surface area contributed by atoms with Gasteiger partial charge in [-0.2, -0.15) is 5.10 Å². The van der Waals surface area contributed by atoms with Gasteiger partial charge in [0.05, 0.1) is 18.4 Å². The fourth-order valence-electron chi connectivity index (χ4n) is 3.11. The van der Waals surface area contributed by atoms with E-state index in [4.69, 9.17) is 10.5 Å². The Labute approximate surface area is 159 Å². The number of anilines is 1. The van der Waals surface area contributed by atoms with E-state index in [1.54, 1.807) is 12.3 Å². The van der Waals surface area contributed by atoms with Gasteiger partial charge >= 0.3 is 5.97 Å². The summed E-state index contributed by atoms with van der Waals surface area (Å²) < 4.78 is 21.0. The second kappa shape index (κ2) is 7.04. The zero-order chi connectivity index (χ0) is 19.8. The standard InChI is InChI=1S/C18H19FN6O3/c1-9(13-4-10(19)7-21-17(13)28-12-5-11(20)6-12)23-15-2-3-25-16(24-15)14(8-22-25)18(26)27/h2-4,7-9,11-12H,5-6,20H2,1H3,(H,23,24)(H,26,27)/t9-,11?,12?/m1/s1. The van der Waals surface area contributed by atoms with Crippen LogP contribution in [-0.4, -0.2) is 42.8 Å². The highest BCUT2D eigenvalue weighted by Gasteiger charge is 2.29. The highest BCUT2D eigenvalue weighted by Crippen LogP contribution is 2.30. The number of hydrogen-bond donors (Lipinski definition) is 3. The van der Waals surface area contributed by atoms with Crippen LogP contribution in [0.2, 0.25) is 0 Å². The lowest BCUT2D eigenvalue weighted by Gasteiger charge is -2.33. The molecule has 9 nitrogen and oxygen atoms in total. The van der Waals surface area contributed by atoms with Gasteiger partial charge in [0.2, 0.25) is 5.88 Å². The van der Waals surface area contributed by atoms with Crippen molar-refractivity contribution in [3.05, 3.63) is 47.7 Å². The summed E-state index contributed by atoms with van der Waals surface area (Å²) in [6.07, 6.45) is 5.39. The number of aromatic nitrogens is 4. The predicted octanol–water partition coefficient (Wildman–Crippen LogP) is 2.00. The molecule has 0 radical (unpaired) electrons. The van der Waals surface area contributed by atoms with Crippen molar-refractivity contribution < 1.29 is 19.0 Å². The molecule has 1 aliphatic carbocycles. The number of fused-ring (bicyclic) bond motifs is 1. The van der Waals surface area contributed by atoms with Crippen LogP contribution in [0.1, 0.15) is 41.7 Å². The van der Waals surface area contributed by atoms with Crippen LogP contribution in [0.25, 0.3) is 5.65 Å². The Morgan fingerprint density at radius 2 is 2.25 bits per heavy atom. The number of hydrogen-bond acceptors (Lipinski definition) is 7. The van der Waals surface area contributed by atoms with Gasteiger partial charge in [0.25, 0.3) is 0 Å². The summed E-state index contributed by atoms with van der Waals surface area (Å²) in [5.74, 6) is -0.830. The lowest BCUT2D eigenvalue weighted by atomic mass is 9.90. The van der Waals surface area contributed by atoms with Gasteiger partial charge in [0.15, 0.2) is 5.65 Å². The minimum Gasteiger partial charge on any atom is -0.477 e. The summed E-state index contributed by atoms with van der Waals surface area (Å²) in [5.41, 5.74) is 6.53. The molecule has 146 valence electrons. The molecular weight excluding hydrogens is 367 g/mol. The summed E-state index contributed by atoms with van der Waals surface area (Å²) in [6.45, 7) is 1.82.